The summed E-state index contributed by atoms with van der Waals surface area (Å²) >= 11 is 0. The van der Waals surface area contributed by atoms with E-state index < -0.39 is 0 Å². The second kappa shape index (κ2) is 4.96. The van der Waals surface area contributed by atoms with Gasteiger partial charge in [-0.25, -0.2) is 0 Å². The van der Waals surface area contributed by atoms with Crippen molar-refractivity contribution in [2.75, 3.05) is 24.6 Å². The maximum absolute atomic E-state index is 11.6. The molecule has 0 aromatic carbocycles. The SMILES string of the molecule is CCOC(=O)C1CCN(c2cccnc2)C1. The van der Waals surface area contributed by atoms with Crippen molar-refractivity contribution in [1.29, 1.82) is 0 Å². The van der Waals surface area contributed by atoms with Gasteiger partial charge in [-0.3, -0.25) is 9.78 Å². The van der Waals surface area contributed by atoms with Gasteiger partial charge in [0.25, 0.3) is 0 Å². The van der Waals surface area contributed by atoms with E-state index in [1.165, 1.54) is 0 Å². The lowest BCUT2D eigenvalue weighted by Crippen LogP contribution is -2.24. The first-order chi connectivity index (χ1) is 7.81. The van der Waals surface area contributed by atoms with Crippen molar-refractivity contribution in [3.05, 3.63) is 24.5 Å². The van der Waals surface area contributed by atoms with E-state index in [0.29, 0.717) is 6.61 Å². The Kier molecular flexibility index (Phi) is 3.39. The Morgan fingerprint density at radius 1 is 1.69 bits per heavy atom. The Labute approximate surface area is 95.2 Å². The van der Waals surface area contributed by atoms with Crippen molar-refractivity contribution >= 4 is 11.7 Å². The van der Waals surface area contributed by atoms with Crippen LogP contribution in [0.15, 0.2) is 24.5 Å². The average molecular weight is 220 g/mol. The minimum absolute atomic E-state index is 0.0140. The molecule has 1 atom stereocenters. The maximum Gasteiger partial charge on any atom is 0.310 e. The number of anilines is 1. The molecule has 1 unspecified atom stereocenters. The number of nitrogens with zero attached hydrogens (tertiary/aromatic N) is 2. The van der Waals surface area contributed by atoms with Crippen molar-refractivity contribution in [1.82, 2.24) is 4.98 Å². The van der Waals surface area contributed by atoms with E-state index in [0.717, 1.165) is 25.2 Å². The summed E-state index contributed by atoms with van der Waals surface area (Å²) in [5, 5.41) is 0. The smallest absolute Gasteiger partial charge is 0.310 e. The fourth-order valence-corrected chi connectivity index (χ4v) is 1.99. The number of aromatic nitrogens is 1. The number of carbonyl (C=O) groups is 1. The van der Waals surface area contributed by atoms with E-state index in [4.69, 9.17) is 4.74 Å². The Balaban J connectivity index is 1.96. The molecule has 2 rings (SSSR count). The zero-order chi connectivity index (χ0) is 11.4. The topological polar surface area (TPSA) is 42.4 Å². The summed E-state index contributed by atoms with van der Waals surface area (Å²) in [5.41, 5.74) is 1.08. The van der Waals surface area contributed by atoms with Crippen LogP contribution in [0.25, 0.3) is 0 Å². The molecule has 1 aromatic rings. The highest BCUT2D eigenvalue weighted by atomic mass is 16.5. The first-order valence-electron chi connectivity index (χ1n) is 5.63. The Hall–Kier alpha value is -1.58. The monoisotopic (exact) mass is 220 g/mol. The number of carbonyl (C=O) groups excluding carboxylic acids is 1. The summed E-state index contributed by atoms with van der Waals surface area (Å²) in [4.78, 5) is 17.8. The molecule has 2 heterocycles. The molecule has 0 saturated carbocycles. The van der Waals surface area contributed by atoms with Crippen LogP contribution in [0, 0.1) is 5.92 Å². The maximum atomic E-state index is 11.6. The number of hydrogen-bond donors (Lipinski definition) is 0. The minimum atomic E-state index is -0.0751. The Bertz CT molecular complexity index is 353. The molecule has 4 heteroatoms. The normalized spacial score (nSPS) is 19.8. The zero-order valence-corrected chi connectivity index (χ0v) is 9.43. The molecule has 0 aliphatic carbocycles. The van der Waals surface area contributed by atoms with Gasteiger partial charge in [0.2, 0.25) is 0 Å². The quantitative estimate of drug-likeness (QED) is 0.723. The van der Waals surface area contributed by atoms with E-state index in [9.17, 15) is 4.79 Å². The van der Waals surface area contributed by atoms with Crippen molar-refractivity contribution in [3.8, 4) is 0 Å². The third-order valence-electron chi connectivity index (χ3n) is 2.82. The number of hydrogen-bond acceptors (Lipinski definition) is 4. The van der Waals surface area contributed by atoms with Crippen LogP contribution in [0.4, 0.5) is 5.69 Å². The summed E-state index contributed by atoms with van der Waals surface area (Å²) in [5.74, 6) is -0.0611. The lowest BCUT2D eigenvalue weighted by molar-refractivity contribution is -0.147. The van der Waals surface area contributed by atoms with Crippen LogP contribution in [-0.4, -0.2) is 30.6 Å². The van der Waals surface area contributed by atoms with Gasteiger partial charge in [0.15, 0.2) is 0 Å². The average Bonchev–Trinajstić information content (AvgIpc) is 2.80. The number of pyridine rings is 1. The van der Waals surface area contributed by atoms with E-state index in [2.05, 4.69) is 9.88 Å². The zero-order valence-electron chi connectivity index (χ0n) is 9.43. The lowest BCUT2D eigenvalue weighted by Gasteiger charge is -2.17. The largest absolute Gasteiger partial charge is 0.466 e. The van der Waals surface area contributed by atoms with Gasteiger partial charge in [-0.05, 0) is 25.5 Å². The van der Waals surface area contributed by atoms with E-state index >= 15 is 0 Å². The fourth-order valence-electron chi connectivity index (χ4n) is 1.99. The van der Waals surface area contributed by atoms with Crippen LogP contribution in [0.3, 0.4) is 0 Å². The molecule has 0 spiro atoms. The second-order valence-electron chi connectivity index (χ2n) is 3.89. The molecule has 1 saturated heterocycles. The lowest BCUT2D eigenvalue weighted by atomic mass is 10.1. The summed E-state index contributed by atoms with van der Waals surface area (Å²) in [6, 6.07) is 3.92. The number of rotatable bonds is 3. The molecule has 16 heavy (non-hydrogen) atoms. The molecule has 86 valence electrons. The summed E-state index contributed by atoms with van der Waals surface area (Å²) in [7, 11) is 0. The van der Waals surface area contributed by atoms with Crippen molar-refractivity contribution < 1.29 is 9.53 Å². The van der Waals surface area contributed by atoms with E-state index in [1.807, 2.05) is 25.3 Å². The van der Waals surface area contributed by atoms with Crippen LogP contribution in [0.2, 0.25) is 0 Å². The summed E-state index contributed by atoms with van der Waals surface area (Å²) in [6.07, 6.45) is 4.45. The van der Waals surface area contributed by atoms with E-state index in [-0.39, 0.29) is 11.9 Å². The van der Waals surface area contributed by atoms with Crippen LogP contribution in [0.5, 0.6) is 0 Å². The number of esters is 1. The standard InChI is InChI=1S/C12H16N2O2/c1-2-16-12(15)10-5-7-14(9-10)11-4-3-6-13-8-11/h3-4,6,8,10H,2,5,7,9H2,1H3. The highest BCUT2D eigenvalue weighted by Gasteiger charge is 2.29. The Morgan fingerprint density at radius 2 is 2.56 bits per heavy atom. The fraction of sp³-hybridized carbons (Fsp3) is 0.500. The minimum Gasteiger partial charge on any atom is -0.466 e. The summed E-state index contributed by atoms with van der Waals surface area (Å²) in [6.45, 7) is 3.94. The molecular formula is C12H16N2O2. The van der Waals surface area contributed by atoms with E-state index in [1.54, 1.807) is 6.20 Å². The highest BCUT2D eigenvalue weighted by Crippen LogP contribution is 2.23. The van der Waals surface area contributed by atoms with Gasteiger partial charge in [0.05, 0.1) is 24.4 Å². The van der Waals surface area contributed by atoms with Gasteiger partial charge >= 0.3 is 5.97 Å². The predicted molar refractivity (Wildman–Crippen MR) is 61.2 cm³/mol. The Morgan fingerprint density at radius 3 is 3.25 bits per heavy atom. The molecule has 4 nitrogen and oxygen atoms in total. The van der Waals surface area contributed by atoms with Gasteiger partial charge < -0.3 is 9.64 Å². The van der Waals surface area contributed by atoms with Gasteiger partial charge in [-0.15, -0.1) is 0 Å². The van der Waals surface area contributed by atoms with Crippen LogP contribution >= 0.6 is 0 Å². The first kappa shape index (κ1) is 10.9. The molecule has 1 fully saturated rings. The van der Waals surface area contributed by atoms with Crippen molar-refractivity contribution in [2.24, 2.45) is 5.92 Å². The molecule has 1 aromatic heterocycles. The molecule has 0 bridgehead atoms. The molecule has 0 amide bonds. The third-order valence-corrected chi connectivity index (χ3v) is 2.82. The van der Waals surface area contributed by atoms with Gasteiger partial charge in [-0.2, -0.15) is 0 Å². The highest BCUT2D eigenvalue weighted by molar-refractivity contribution is 5.74. The third kappa shape index (κ3) is 2.32. The second-order valence-corrected chi connectivity index (χ2v) is 3.89. The molecule has 1 aliphatic rings. The van der Waals surface area contributed by atoms with Crippen LogP contribution in [-0.2, 0) is 9.53 Å². The van der Waals surface area contributed by atoms with Crippen LogP contribution in [0.1, 0.15) is 13.3 Å². The molecule has 1 aliphatic heterocycles. The molecule has 0 radical (unpaired) electrons. The van der Waals surface area contributed by atoms with Gasteiger partial charge in [-0.1, -0.05) is 0 Å². The van der Waals surface area contributed by atoms with Crippen molar-refractivity contribution in [3.63, 3.8) is 0 Å². The summed E-state index contributed by atoms with van der Waals surface area (Å²) < 4.78 is 5.03. The van der Waals surface area contributed by atoms with Gasteiger partial charge in [0, 0.05) is 19.3 Å². The first-order valence-corrected chi connectivity index (χ1v) is 5.63. The van der Waals surface area contributed by atoms with Gasteiger partial charge in [0.1, 0.15) is 0 Å². The van der Waals surface area contributed by atoms with Crippen molar-refractivity contribution in [2.45, 2.75) is 13.3 Å². The number of ether oxygens (including phenoxy) is 1. The molecular weight excluding hydrogens is 204 g/mol. The molecule has 0 N–H and O–H groups in total. The van der Waals surface area contributed by atoms with Crippen LogP contribution < -0.4 is 4.90 Å². The predicted octanol–water partition coefficient (Wildman–Crippen LogP) is 1.47.